The minimum atomic E-state index is -0.667. The van der Waals surface area contributed by atoms with Gasteiger partial charge in [0, 0.05) is 24.2 Å². The highest BCUT2D eigenvalue weighted by Crippen LogP contribution is 2.23. The van der Waals surface area contributed by atoms with Gasteiger partial charge in [0.25, 0.3) is 5.69 Å². The number of ether oxygens (including phenoxy) is 1. The van der Waals surface area contributed by atoms with Gasteiger partial charge in [0.1, 0.15) is 11.8 Å². The van der Waals surface area contributed by atoms with E-state index in [-0.39, 0.29) is 36.5 Å². The third kappa shape index (κ3) is 6.56. The molecule has 3 rings (SSSR count). The molecule has 1 fully saturated rings. The van der Waals surface area contributed by atoms with Crippen molar-refractivity contribution in [2.75, 3.05) is 7.11 Å². The molecule has 1 unspecified atom stereocenters. The van der Waals surface area contributed by atoms with Crippen molar-refractivity contribution in [3.63, 3.8) is 0 Å². The van der Waals surface area contributed by atoms with E-state index in [4.69, 9.17) is 4.74 Å². The number of para-hydroxylation sites is 1. The van der Waals surface area contributed by atoms with E-state index >= 15 is 0 Å². The van der Waals surface area contributed by atoms with Crippen LogP contribution in [0.1, 0.15) is 56.6 Å². The first kappa shape index (κ1) is 25.2. The van der Waals surface area contributed by atoms with E-state index in [2.05, 4.69) is 5.32 Å². The molecule has 1 aliphatic rings. The third-order valence-corrected chi connectivity index (χ3v) is 6.38. The van der Waals surface area contributed by atoms with E-state index in [0.717, 1.165) is 31.2 Å². The standard InChI is InChI=1S/C26H33N3O5/c1-3-23(26(31)27-21-10-5-4-6-11-21)28(18-19-13-15-22(34-2)16-14-19)25(30)17-20-9-7-8-12-24(20)29(32)33/h7-9,12-16,21,23H,3-6,10-11,17-18H2,1-2H3,(H,27,31). The van der Waals surface area contributed by atoms with Crippen LogP contribution in [-0.4, -0.2) is 40.8 Å². The molecule has 34 heavy (non-hydrogen) atoms. The quantitative estimate of drug-likeness (QED) is 0.412. The van der Waals surface area contributed by atoms with Gasteiger partial charge in [-0.25, -0.2) is 0 Å². The summed E-state index contributed by atoms with van der Waals surface area (Å²) < 4.78 is 5.22. The Morgan fingerprint density at radius 1 is 1.12 bits per heavy atom. The summed E-state index contributed by atoms with van der Waals surface area (Å²) in [7, 11) is 1.58. The lowest BCUT2D eigenvalue weighted by Gasteiger charge is -2.33. The minimum Gasteiger partial charge on any atom is -0.497 e. The second-order valence-electron chi connectivity index (χ2n) is 8.70. The molecule has 0 aliphatic heterocycles. The minimum absolute atomic E-state index is 0.0973. The summed E-state index contributed by atoms with van der Waals surface area (Å²) in [6.07, 6.45) is 5.55. The zero-order chi connectivity index (χ0) is 24.5. The number of hydrogen-bond donors (Lipinski definition) is 1. The average molecular weight is 468 g/mol. The molecular formula is C26H33N3O5. The number of nitrogens with zero attached hydrogens (tertiary/aromatic N) is 2. The van der Waals surface area contributed by atoms with E-state index in [1.54, 1.807) is 30.2 Å². The Hall–Kier alpha value is -3.42. The van der Waals surface area contributed by atoms with Crippen molar-refractivity contribution in [2.24, 2.45) is 0 Å². The van der Waals surface area contributed by atoms with E-state index in [1.165, 1.54) is 12.5 Å². The molecule has 182 valence electrons. The van der Waals surface area contributed by atoms with Crippen molar-refractivity contribution in [3.05, 3.63) is 69.8 Å². The number of nitro groups is 1. The molecule has 0 spiro atoms. The SMILES string of the molecule is CCC(C(=O)NC1CCCCC1)N(Cc1ccc(OC)cc1)C(=O)Cc1ccccc1[N+](=O)[O-]. The maximum atomic E-state index is 13.5. The molecule has 8 nitrogen and oxygen atoms in total. The summed E-state index contributed by atoms with van der Waals surface area (Å²) in [6, 6.07) is 13.0. The topological polar surface area (TPSA) is 102 Å². The molecule has 0 radical (unpaired) electrons. The van der Waals surface area contributed by atoms with Crippen LogP contribution in [0.4, 0.5) is 5.69 Å². The van der Waals surface area contributed by atoms with Crippen LogP contribution in [0.3, 0.4) is 0 Å². The molecule has 0 saturated heterocycles. The Kier molecular flexibility index (Phi) is 9.01. The van der Waals surface area contributed by atoms with Crippen LogP contribution in [-0.2, 0) is 22.6 Å². The fourth-order valence-corrected chi connectivity index (χ4v) is 4.49. The lowest BCUT2D eigenvalue weighted by molar-refractivity contribution is -0.385. The van der Waals surface area contributed by atoms with Crippen LogP contribution in [0.25, 0.3) is 0 Å². The summed E-state index contributed by atoms with van der Waals surface area (Å²) in [5, 5.41) is 14.6. The highest BCUT2D eigenvalue weighted by molar-refractivity contribution is 5.89. The Labute approximate surface area is 200 Å². The molecule has 2 aromatic rings. The van der Waals surface area contributed by atoms with E-state index in [9.17, 15) is 19.7 Å². The summed E-state index contributed by atoms with van der Waals surface area (Å²) in [5.74, 6) is 0.207. The van der Waals surface area contributed by atoms with Crippen LogP contribution < -0.4 is 10.1 Å². The van der Waals surface area contributed by atoms with Gasteiger partial charge in [-0.05, 0) is 37.0 Å². The normalized spacial score (nSPS) is 14.8. The number of carbonyl (C=O) groups excluding carboxylic acids is 2. The number of rotatable bonds is 10. The maximum Gasteiger partial charge on any atom is 0.273 e. The molecule has 1 N–H and O–H groups in total. The fourth-order valence-electron chi connectivity index (χ4n) is 4.49. The highest BCUT2D eigenvalue weighted by Gasteiger charge is 2.31. The Bertz CT molecular complexity index is 986. The van der Waals surface area contributed by atoms with Crippen LogP contribution in [0.5, 0.6) is 5.75 Å². The number of carbonyl (C=O) groups is 2. The fraction of sp³-hybridized carbons (Fsp3) is 0.462. The van der Waals surface area contributed by atoms with Gasteiger partial charge in [0.15, 0.2) is 0 Å². The molecule has 1 aliphatic carbocycles. The van der Waals surface area contributed by atoms with Gasteiger partial charge in [-0.3, -0.25) is 19.7 Å². The van der Waals surface area contributed by atoms with Crippen molar-refractivity contribution >= 4 is 17.5 Å². The summed E-state index contributed by atoms with van der Waals surface area (Å²) in [4.78, 5) is 39.3. The van der Waals surface area contributed by atoms with Crippen molar-refractivity contribution in [2.45, 2.75) is 70.5 Å². The number of nitro benzene ring substituents is 1. The number of nitrogens with one attached hydrogen (secondary N) is 1. The molecule has 2 amide bonds. The van der Waals surface area contributed by atoms with Crippen molar-refractivity contribution < 1.29 is 19.2 Å². The Balaban J connectivity index is 1.85. The molecule has 0 bridgehead atoms. The summed E-state index contributed by atoms with van der Waals surface area (Å²) in [5.41, 5.74) is 1.08. The first-order chi connectivity index (χ1) is 16.4. The third-order valence-electron chi connectivity index (χ3n) is 6.38. The lowest BCUT2D eigenvalue weighted by Crippen LogP contribution is -2.52. The molecule has 2 aromatic carbocycles. The number of amides is 2. The zero-order valence-corrected chi connectivity index (χ0v) is 19.9. The van der Waals surface area contributed by atoms with E-state index in [1.807, 2.05) is 31.2 Å². The van der Waals surface area contributed by atoms with E-state index in [0.29, 0.717) is 17.7 Å². The maximum absolute atomic E-state index is 13.5. The van der Waals surface area contributed by atoms with Gasteiger partial charge >= 0.3 is 0 Å². The van der Waals surface area contributed by atoms with Crippen LogP contribution in [0, 0.1) is 10.1 Å². The number of methoxy groups -OCH3 is 1. The van der Waals surface area contributed by atoms with Crippen molar-refractivity contribution in [1.29, 1.82) is 0 Å². The lowest BCUT2D eigenvalue weighted by atomic mass is 9.95. The van der Waals surface area contributed by atoms with Gasteiger partial charge in [-0.15, -0.1) is 0 Å². The van der Waals surface area contributed by atoms with Crippen LogP contribution in [0.2, 0.25) is 0 Å². The molecule has 8 heteroatoms. The second-order valence-corrected chi connectivity index (χ2v) is 8.70. The second kappa shape index (κ2) is 12.2. The Morgan fingerprint density at radius 3 is 2.41 bits per heavy atom. The largest absolute Gasteiger partial charge is 0.497 e. The first-order valence-electron chi connectivity index (χ1n) is 11.9. The molecule has 0 aromatic heterocycles. The Morgan fingerprint density at radius 2 is 1.79 bits per heavy atom. The summed E-state index contributed by atoms with van der Waals surface area (Å²) >= 11 is 0. The molecule has 1 saturated carbocycles. The van der Waals surface area contributed by atoms with Gasteiger partial charge in [0.05, 0.1) is 18.5 Å². The smallest absolute Gasteiger partial charge is 0.273 e. The van der Waals surface area contributed by atoms with Gasteiger partial charge < -0.3 is 15.0 Å². The summed E-state index contributed by atoms with van der Waals surface area (Å²) in [6.45, 7) is 2.10. The van der Waals surface area contributed by atoms with Gasteiger partial charge in [-0.1, -0.05) is 56.5 Å². The molecule has 1 atom stereocenters. The average Bonchev–Trinajstić information content (AvgIpc) is 2.85. The zero-order valence-electron chi connectivity index (χ0n) is 19.9. The predicted molar refractivity (Wildman–Crippen MR) is 129 cm³/mol. The number of benzene rings is 2. The van der Waals surface area contributed by atoms with Crippen LogP contribution >= 0.6 is 0 Å². The highest BCUT2D eigenvalue weighted by atomic mass is 16.6. The van der Waals surface area contributed by atoms with Crippen LogP contribution in [0.15, 0.2) is 48.5 Å². The predicted octanol–water partition coefficient (Wildman–Crippen LogP) is 4.40. The molecular weight excluding hydrogens is 434 g/mol. The number of hydrogen-bond acceptors (Lipinski definition) is 5. The van der Waals surface area contributed by atoms with Gasteiger partial charge in [-0.2, -0.15) is 0 Å². The molecule has 0 heterocycles. The monoisotopic (exact) mass is 467 g/mol. The van der Waals surface area contributed by atoms with Crippen molar-refractivity contribution in [3.8, 4) is 5.75 Å². The van der Waals surface area contributed by atoms with Gasteiger partial charge in [0.2, 0.25) is 11.8 Å². The van der Waals surface area contributed by atoms with E-state index < -0.39 is 11.0 Å². The first-order valence-corrected chi connectivity index (χ1v) is 11.9. The van der Waals surface area contributed by atoms with Crippen molar-refractivity contribution in [1.82, 2.24) is 10.2 Å².